The van der Waals surface area contributed by atoms with Gasteiger partial charge in [-0.1, -0.05) is 157 Å². The van der Waals surface area contributed by atoms with Crippen LogP contribution in [0.4, 0.5) is 0 Å². The van der Waals surface area contributed by atoms with Gasteiger partial charge in [-0.05, 0) is 51.6 Å². The van der Waals surface area contributed by atoms with Crippen molar-refractivity contribution in [1.82, 2.24) is 14.7 Å². The second-order valence-electron chi connectivity index (χ2n) is 13.5. The zero-order valence-electron chi connectivity index (χ0n) is 30.1. The molecule has 0 amide bonds. The van der Waals surface area contributed by atoms with Crippen LogP contribution >= 0.6 is 0 Å². The highest BCUT2D eigenvalue weighted by Crippen LogP contribution is 2.43. The molecule has 0 aromatic rings. The minimum atomic E-state index is 0.600. The van der Waals surface area contributed by atoms with Gasteiger partial charge in [0, 0.05) is 26.2 Å². The molecule has 0 heterocycles. The lowest BCUT2D eigenvalue weighted by atomic mass is 10.1. The van der Waals surface area contributed by atoms with Crippen molar-refractivity contribution in [2.24, 2.45) is 0 Å². The molecular formula is C39H79N3. The van der Waals surface area contributed by atoms with Crippen LogP contribution < -0.4 is 0 Å². The summed E-state index contributed by atoms with van der Waals surface area (Å²) in [4.78, 5) is 8.80. The fourth-order valence-corrected chi connectivity index (χ4v) is 6.68. The Balaban J connectivity index is 3.25. The van der Waals surface area contributed by atoms with Crippen molar-refractivity contribution in [1.29, 1.82) is 0 Å². The molecule has 0 aliphatic heterocycles. The van der Waals surface area contributed by atoms with Gasteiger partial charge in [0.2, 0.25) is 0 Å². The average Bonchev–Trinajstić information content (AvgIpc) is 3.73. The summed E-state index contributed by atoms with van der Waals surface area (Å²) in [7, 11) is 0. The maximum Gasteiger partial charge on any atom is 0.0939 e. The first-order chi connectivity index (χ1) is 20.7. The van der Waals surface area contributed by atoms with E-state index in [4.69, 9.17) is 0 Å². The third-order valence-electron chi connectivity index (χ3n) is 9.47. The Morgan fingerprint density at radius 2 is 0.548 bits per heavy atom. The second kappa shape index (κ2) is 27.8. The van der Waals surface area contributed by atoms with Crippen molar-refractivity contribution in [3.05, 3.63) is 11.4 Å². The summed E-state index contributed by atoms with van der Waals surface area (Å²) in [6.45, 7) is 21.8. The predicted molar refractivity (Wildman–Crippen MR) is 190 cm³/mol. The molecule has 250 valence electrons. The Morgan fingerprint density at radius 1 is 0.310 bits per heavy atom. The zero-order chi connectivity index (χ0) is 30.7. The van der Waals surface area contributed by atoms with E-state index in [1.807, 2.05) is 0 Å². The van der Waals surface area contributed by atoms with Crippen molar-refractivity contribution >= 4 is 0 Å². The largest absolute Gasteiger partial charge is 0.372 e. The molecule has 0 fully saturated rings. The highest BCUT2D eigenvalue weighted by Gasteiger charge is 2.46. The maximum atomic E-state index is 2.96. The molecule has 0 radical (unpaired) electrons. The van der Waals surface area contributed by atoms with Gasteiger partial charge in [-0.15, -0.1) is 0 Å². The molecule has 0 atom stereocenters. The highest BCUT2D eigenvalue weighted by molar-refractivity contribution is 5.45. The molecule has 0 saturated carbocycles. The molecule has 0 aromatic carbocycles. The summed E-state index contributed by atoms with van der Waals surface area (Å²) in [5.74, 6) is 0. The molecule has 0 aromatic heterocycles. The fraction of sp³-hybridized carbons (Fsp3) is 0.949. The maximum absolute atomic E-state index is 2.96. The van der Waals surface area contributed by atoms with E-state index in [1.165, 1.54) is 193 Å². The molecule has 42 heavy (non-hydrogen) atoms. The van der Waals surface area contributed by atoms with Crippen molar-refractivity contribution in [2.45, 2.75) is 202 Å². The first-order valence-corrected chi connectivity index (χ1v) is 19.7. The summed E-state index contributed by atoms with van der Waals surface area (Å²) >= 11 is 0. The van der Waals surface area contributed by atoms with E-state index in [9.17, 15) is 0 Å². The number of unbranched alkanes of at least 4 members (excludes halogenated alkanes) is 18. The van der Waals surface area contributed by atoms with Crippen molar-refractivity contribution in [3.8, 4) is 0 Å². The molecule has 0 saturated heterocycles. The zero-order valence-corrected chi connectivity index (χ0v) is 30.1. The minimum absolute atomic E-state index is 0.600. The number of nitrogens with zero attached hydrogens (tertiary/aromatic N) is 3. The van der Waals surface area contributed by atoms with Crippen LogP contribution in [0.2, 0.25) is 0 Å². The third kappa shape index (κ3) is 17.6. The van der Waals surface area contributed by atoms with Gasteiger partial charge in [-0.25, -0.2) is 0 Å². The van der Waals surface area contributed by atoms with Crippen molar-refractivity contribution in [2.75, 3.05) is 39.3 Å². The quantitative estimate of drug-likeness (QED) is 0.0705. The van der Waals surface area contributed by atoms with E-state index < -0.39 is 0 Å². The first kappa shape index (κ1) is 39.3. The van der Waals surface area contributed by atoms with Gasteiger partial charge in [0.05, 0.1) is 17.4 Å². The van der Waals surface area contributed by atoms with Gasteiger partial charge >= 0.3 is 0 Å². The topological polar surface area (TPSA) is 9.72 Å². The second-order valence-corrected chi connectivity index (χ2v) is 13.5. The minimum Gasteiger partial charge on any atom is -0.372 e. The van der Waals surface area contributed by atoms with E-state index >= 15 is 0 Å². The molecule has 3 heteroatoms. The Morgan fingerprint density at radius 3 is 0.786 bits per heavy atom. The molecule has 1 rings (SSSR count). The molecule has 3 nitrogen and oxygen atoms in total. The number of hydrogen-bond donors (Lipinski definition) is 0. The van der Waals surface area contributed by atoms with E-state index in [-0.39, 0.29) is 0 Å². The van der Waals surface area contributed by atoms with Crippen LogP contribution in [0.25, 0.3) is 0 Å². The molecule has 0 spiro atoms. The smallest absolute Gasteiger partial charge is 0.0939 e. The number of rotatable bonds is 33. The highest BCUT2D eigenvalue weighted by atomic mass is 15.3. The van der Waals surface area contributed by atoms with Crippen LogP contribution in [-0.4, -0.2) is 60.0 Å². The van der Waals surface area contributed by atoms with E-state index in [2.05, 4.69) is 56.2 Å². The molecule has 0 N–H and O–H groups in total. The average molecular weight is 590 g/mol. The molecule has 0 bridgehead atoms. The van der Waals surface area contributed by atoms with Gasteiger partial charge in [0.25, 0.3) is 0 Å². The first-order valence-electron chi connectivity index (χ1n) is 19.7. The van der Waals surface area contributed by atoms with Crippen LogP contribution in [0.15, 0.2) is 11.4 Å². The van der Waals surface area contributed by atoms with Crippen LogP contribution in [0.3, 0.4) is 0 Å². The van der Waals surface area contributed by atoms with Crippen LogP contribution in [0, 0.1) is 0 Å². The van der Waals surface area contributed by atoms with E-state index in [0.29, 0.717) is 6.04 Å². The van der Waals surface area contributed by atoms with Gasteiger partial charge in [0.15, 0.2) is 0 Å². The van der Waals surface area contributed by atoms with Crippen LogP contribution in [-0.2, 0) is 0 Å². The van der Waals surface area contributed by atoms with Crippen molar-refractivity contribution < 1.29 is 0 Å². The van der Waals surface area contributed by atoms with Gasteiger partial charge in [0.1, 0.15) is 0 Å². The van der Waals surface area contributed by atoms with Gasteiger partial charge in [-0.2, -0.15) is 0 Å². The van der Waals surface area contributed by atoms with Gasteiger partial charge in [-0.3, -0.25) is 4.90 Å². The summed E-state index contributed by atoms with van der Waals surface area (Å²) in [6, 6.07) is 0.600. The predicted octanol–water partition coefficient (Wildman–Crippen LogP) is 12.0. The summed E-state index contributed by atoms with van der Waals surface area (Å²) < 4.78 is 0. The summed E-state index contributed by atoms with van der Waals surface area (Å²) in [5.41, 5.74) is 3.53. The third-order valence-corrected chi connectivity index (χ3v) is 9.47. The molecule has 0 unspecified atom stereocenters. The Hall–Kier alpha value is -0.700. The normalized spacial score (nSPS) is 13.5. The fourth-order valence-electron chi connectivity index (χ4n) is 6.68. The molecular weight excluding hydrogens is 510 g/mol. The lowest BCUT2D eigenvalue weighted by Crippen LogP contribution is -2.36. The lowest BCUT2D eigenvalue weighted by molar-refractivity contribution is 0.215. The number of hydrogen-bond acceptors (Lipinski definition) is 3. The summed E-state index contributed by atoms with van der Waals surface area (Å²) in [5, 5.41) is 0. The monoisotopic (exact) mass is 590 g/mol. The Bertz CT molecular complexity index is 541. The lowest BCUT2D eigenvalue weighted by Gasteiger charge is -2.29. The summed E-state index contributed by atoms with van der Waals surface area (Å²) in [6.07, 6.45) is 32.9. The molecule has 1 aliphatic carbocycles. The van der Waals surface area contributed by atoms with E-state index in [1.54, 1.807) is 11.4 Å². The van der Waals surface area contributed by atoms with Crippen LogP contribution in [0.1, 0.15) is 196 Å². The van der Waals surface area contributed by atoms with Crippen molar-refractivity contribution in [3.63, 3.8) is 0 Å². The molecule has 1 aliphatic rings. The Kier molecular flexibility index (Phi) is 26.0. The van der Waals surface area contributed by atoms with Gasteiger partial charge < -0.3 is 9.80 Å². The van der Waals surface area contributed by atoms with Crippen LogP contribution in [0.5, 0.6) is 0 Å². The SMILES string of the molecule is CCCCCCN(CCCCCC)C1=C(N(CCCCCC)CCCCCC)C1N(CCCCCC)CCCCCC. The standard InChI is InChI=1S/C39H79N3/c1-7-13-19-25-31-40(32-26-20-14-8-2)37-38(41(33-27-21-15-9-3)34-28-22-16-10-4)39(37)42(35-29-23-17-11-5)36-30-24-18-12-6/h37H,7-36H2,1-6H3. The van der Waals surface area contributed by atoms with E-state index in [0.717, 1.165) is 0 Å². The Labute approximate surface area is 266 Å².